The molecule has 2 fully saturated rings. The van der Waals surface area contributed by atoms with Crippen LogP contribution in [0.4, 0.5) is 17.8 Å². The third kappa shape index (κ3) is 3.74. The van der Waals surface area contributed by atoms with E-state index < -0.39 is 0 Å². The Morgan fingerprint density at radius 3 is 2.28 bits per heavy atom. The van der Waals surface area contributed by atoms with Crippen molar-refractivity contribution in [2.45, 2.75) is 0 Å². The molecule has 0 bridgehead atoms. The zero-order valence-electron chi connectivity index (χ0n) is 13.8. The molecule has 0 aromatic carbocycles. The number of nitrogens with zero attached hydrogens (tertiary/aromatic N) is 7. The molecule has 0 amide bonds. The third-order valence-corrected chi connectivity index (χ3v) is 5.05. The minimum atomic E-state index is 0.210. The predicted molar refractivity (Wildman–Crippen MR) is 97.8 cm³/mol. The molecule has 2 aromatic heterocycles. The normalized spacial score (nSPS) is 18.4. The average Bonchev–Trinajstić information content (AvgIpc) is 2.69. The van der Waals surface area contributed by atoms with E-state index in [1.807, 2.05) is 11.8 Å². The summed E-state index contributed by atoms with van der Waals surface area (Å²) < 4.78 is 5.44. The van der Waals surface area contributed by atoms with Crippen LogP contribution in [0.1, 0.15) is 0 Å². The summed E-state index contributed by atoms with van der Waals surface area (Å²) in [7, 11) is 0. The maximum absolute atomic E-state index is 5.72. The van der Waals surface area contributed by atoms with E-state index in [4.69, 9.17) is 15.5 Å². The Kier molecular flexibility index (Phi) is 4.79. The van der Waals surface area contributed by atoms with Crippen molar-refractivity contribution in [1.82, 2.24) is 24.9 Å². The number of thioether (sulfide) groups is 1. The van der Waals surface area contributed by atoms with Gasteiger partial charge in [0.05, 0.1) is 13.2 Å². The molecule has 0 aliphatic carbocycles. The molecule has 0 radical (unpaired) electrons. The molecule has 2 saturated heterocycles. The monoisotopic (exact) mass is 360 g/mol. The molecular weight excluding hydrogens is 340 g/mol. The number of aromatic nitrogens is 5. The number of anilines is 3. The molecule has 132 valence electrons. The molecule has 2 aromatic rings. The summed E-state index contributed by atoms with van der Waals surface area (Å²) >= 11 is 1.95. The van der Waals surface area contributed by atoms with Crippen LogP contribution in [-0.4, -0.2) is 75.8 Å². The van der Waals surface area contributed by atoms with Crippen molar-refractivity contribution in [2.75, 3.05) is 66.4 Å². The van der Waals surface area contributed by atoms with Crippen molar-refractivity contribution in [3.8, 4) is 11.5 Å². The molecular formula is C15H20N8OS. The van der Waals surface area contributed by atoms with Gasteiger partial charge in [-0.3, -0.25) is 0 Å². The molecule has 0 unspecified atom stereocenters. The van der Waals surface area contributed by atoms with Gasteiger partial charge in [-0.1, -0.05) is 0 Å². The number of morpholine rings is 1. The zero-order chi connectivity index (χ0) is 17.1. The van der Waals surface area contributed by atoms with Gasteiger partial charge in [0.1, 0.15) is 5.69 Å². The summed E-state index contributed by atoms with van der Waals surface area (Å²) in [4.78, 5) is 26.5. The predicted octanol–water partition coefficient (Wildman–Crippen LogP) is 0.301. The SMILES string of the molecule is Nc1nccc(-c2nc(N3CCOCC3)nc(N3CCSCC3)n2)n1. The molecule has 10 heteroatoms. The number of rotatable bonds is 3. The molecule has 2 aliphatic rings. The van der Waals surface area contributed by atoms with E-state index in [0.29, 0.717) is 36.6 Å². The highest BCUT2D eigenvalue weighted by Gasteiger charge is 2.21. The number of nitrogen functional groups attached to an aromatic ring is 1. The van der Waals surface area contributed by atoms with Gasteiger partial charge in [-0.15, -0.1) is 0 Å². The summed E-state index contributed by atoms with van der Waals surface area (Å²) in [5.41, 5.74) is 6.33. The quantitative estimate of drug-likeness (QED) is 0.821. The summed E-state index contributed by atoms with van der Waals surface area (Å²) in [5, 5.41) is 0. The van der Waals surface area contributed by atoms with Crippen LogP contribution >= 0.6 is 11.8 Å². The molecule has 4 rings (SSSR count). The second kappa shape index (κ2) is 7.36. The highest BCUT2D eigenvalue weighted by atomic mass is 32.2. The van der Waals surface area contributed by atoms with Crippen LogP contribution in [0.2, 0.25) is 0 Å². The van der Waals surface area contributed by atoms with E-state index in [9.17, 15) is 0 Å². The second-order valence-electron chi connectivity index (χ2n) is 5.76. The average molecular weight is 360 g/mol. The topological polar surface area (TPSA) is 106 Å². The Bertz CT molecular complexity index is 697. The van der Waals surface area contributed by atoms with Crippen molar-refractivity contribution in [1.29, 1.82) is 0 Å². The van der Waals surface area contributed by atoms with Crippen molar-refractivity contribution in [3.05, 3.63) is 12.3 Å². The first-order chi connectivity index (χ1) is 12.3. The molecule has 4 heterocycles. The number of nitrogens with two attached hydrogens (primary N) is 1. The highest BCUT2D eigenvalue weighted by molar-refractivity contribution is 7.99. The molecule has 0 saturated carbocycles. The van der Waals surface area contributed by atoms with Crippen molar-refractivity contribution in [2.24, 2.45) is 0 Å². The maximum atomic E-state index is 5.72. The van der Waals surface area contributed by atoms with Crippen LogP contribution in [0.5, 0.6) is 0 Å². The summed E-state index contributed by atoms with van der Waals surface area (Å²) in [5.74, 6) is 4.26. The van der Waals surface area contributed by atoms with Gasteiger partial charge < -0.3 is 20.3 Å². The van der Waals surface area contributed by atoms with Crippen LogP contribution in [0.15, 0.2) is 12.3 Å². The Labute approximate surface area is 150 Å². The molecule has 2 N–H and O–H groups in total. The van der Waals surface area contributed by atoms with Gasteiger partial charge in [0.15, 0.2) is 5.82 Å². The van der Waals surface area contributed by atoms with Gasteiger partial charge in [0, 0.05) is 43.9 Å². The summed E-state index contributed by atoms with van der Waals surface area (Å²) in [6, 6.07) is 1.77. The fraction of sp³-hybridized carbons (Fsp3) is 0.533. The smallest absolute Gasteiger partial charge is 0.230 e. The van der Waals surface area contributed by atoms with E-state index in [1.165, 1.54) is 0 Å². The lowest BCUT2D eigenvalue weighted by Gasteiger charge is -2.30. The lowest BCUT2D eigenvalue weighted by Crippen LogP contribution is -2.39. The second-order valence-corrected chi connectivity index (χ2v) is 6.98. The van der Waals surface area contributed by atoms with Crippen LogP contribution < -0.4 is 15.5 Å². The van der Waals surface area contributed by atoms with Gasteiger partial charge in [-0.05, 0) is 6.07 Å². The van der Waals surface area contributed by atoms with Crippen LogP contribution in [0, 0.1) is 0 Å². The van der Waals surface area contributed by atoms with Crippen molar-refractivity contribution >= 4 is 29.6 Å². The lowest BCUT2D eigenvalue weighted by molar-refractivity contribution is 0.122. The van der Waals surface area contributed by atoms with Gasteiger partial charge >= 0.3 is 0 Å². The Hall–Kier alpha value is -2.20. The highest BCUT2D eigenvalue weighted by Crippen LogP contribution is 2.23. The first-order valence-corrected chi connectivity index (χ1v) is 9.45. The minimum absolute atomic E-state index is 0.210. The molecule has 2 aliphatic heterocycles. The summed E-state index contributed by atoms with van der Waals surface area (Å²) in [6.07, 6.45) is 1.62. The Morgan fingerprint density at radius 2 is 1.60 bits per heavy atom. The largest absolute Gasteiger partial charge is 0.378 e. The van der Waals surface area contributed by atoms with Crippen molar-refractivity contribution in [3.63, 3.8) is 0 Å². The number of ether oxygens (including phenoxy) is 1. The van der Waals surface area contributed by atoms with E-state index in [2.05, 4.69) is 29.7 Å². The number of hydrogen-bond donors (Lipinski definition) is 1. The van der Waals surface area contributed by atoms with E-state index in [0.717, 1.165) is 37.7 Å². The van der Waals surface area contributed by atoms with Gasteiger partial charge in [0.2, 0.25) is 17.8 Å². The van der Waals surface area contributed by atoms with E-state index in [1.54, 1.807) is 12.3 Å². The lowest BCUT2D eigenvalue weighted by atomic mass is 10.4. The fourth-order valence-corrected chi connectivity index (χ4v) is 3.68. The van der Waals surface area contributed by atoms with E-state index >= 15 is 0 Å². The van der Waals surface area contributed by atoms with Crippen molar-refractivity contribution < 1.29 is 4.74 Å². The van der Waals surface area contributed by atoms with Gasteiger partial charge in [0.25, 0.3) is 0 Å². The minimum Gasteiger partial charge on any atom is -0.378 e. The molecule has 0 atom stereocenters. The molecule has 9 nitrogen and oxygen atoms in total. The summed E-state index contributed by atoms with van der Waals surface area (Å²) in [6.45, 7) is 4.76. The van der Waals surface area contributed by atoms with Crippen LogP contribution in [0.3, 0.4) is 0 Å². The van der Waals surface area contributed by atoms with Gasteiger partial charge in [-0.25, -0.2) is 9.97 Å². The van der Waals surface area contributed by atoms with E-state index in [-0.39, 0.29) is 5.95 Å². The maximum Gasteiger partial charge on any atom is 0.230 e. The zero-order valence-corrected chi connectivity index (χ0v) is 14.7. The van der Waals surface area contributed by atoms with Crippen LogP contribution in [0.25, 0.3) is 11.5 Å². The Morgan fingerprint density at radius 1 is 0.920 bits per heavy atom. The van der Waals surface area contributed by atoms with Gasteiger partial charge in [-0.2, -0.15) is 26.7 Å². The Balaban J connectivity index is 1.73. The standard InChI is InChI=1S/C15H20N8OS/c16-13-17-2-1-11(18-13)12-19-14(22-3-7-24-8-4-22)21-15(20-12)23-5-9-25-10-6-23/h1-2H,3-10H2,(H2,16,17,18). The molecule has 0 spiro atoms. The first-order valence-electron chi connectivity index (χ1n) is 8.30. The van der Waals surface area contributed by atoms with Crippen LogP contribution in [-0.2, 0) is 4.74 Å². The third-order valence-electron chi connectivity index (χ3n) is 4.10. The first kappa shape index (κ1) is 16.3. The molecule has 25 heavy (non-hydrogen) atoms. The number of hydrogen-bond acceptors (Lipinski definition) is 10. The fourth-order valence-electron chi connectivity index (χ4n) is 2.78.